The van der Waals surface area contributed by atoms with Crippen LogP contribution in [0.5, 0.6) is 5.75 Å². The van der Waals surface area contributed by atoms with Gasteiger partial charge in [-0.3, -0.25) is 4.55 Å². The molecule has 0 aliphatic rings. The number of nitrogens with one attached hydrogen (secondary N) is 1. The van der Waals surface area contributed by atoms with Gasteiger partial charge in [0.2, 0.25) is 0 Å². The Hall–Kier alpha value is -2.90. The van der Waals surface area contributed by atoms with Crippen molar-refractivity contribution in [1.82, 2.24) is 0 Å². The van der Waals surface area contributed by atoms with Crippen LogP contribution in [0.15, 0.2) is 65.6 Å². The van der Waals surface area contributed by atoms with Gasteiger partial charge < -0.3 is 10.1 Å². The number of esters is 1. The van der Waals surface area contributed by atoms with Crippen molar-refractivity contribution in [3.05, 3.63) is 66.2 Å². The predicted molar refractivity (Wildman–Crippen MR) is 118 cm³/mol. The second-order valence-corrected chi connectivity index (χ2v) is 9.11. The highest BCUT2D eigenvalue weighted by Crippen LogP contribution is 2.30. The summed E-state index contributed by atoms with van der Waals surface area (Å²) in [4.78, 5) is 12.1. The van der Waals surface area contributed by atoms with Crippen molar-refractivity contribution in [2.75, 3.05) is 11.9 Å². The Bertz CT molecular complexity index is 1170. The van der Waals surface area contributed by atoms with Gasteiger partial charge in [-0.05, 0) is 41.7 Å². The molecule has 0 radical (unpaired) electrons. The number of benzene rings is 3. The molecule has 6 nitrogen and oxygen atoms in total. The highest BCUT2D eigenvalue weighted by molar-refractivity contribution is 7.86. The normalized spacial score (nSPS) is 12.0. The molecule has 30 heavy (non-hydrogen) atoms. The average molecular weight is 428 g/mol. The van der Waals surface area contributed by atoms with E-state index in [1.165, 1.54) is 17.7 Å². The lowest BCUT2D eigenvalue weighted by Gasteiger charge is -2.23. The second-order valence-electron chi connectivity index (χ2n) is 7.72. The molecular formula is C23H25NO5S. The van der Waals surface area contributed by atoms with Crippen LogP contribution in [-0.4, -0.2) is 25.5 Å². The molecule has 3 rings (SSSR count). The fraction of sp³-hybridized carbons (Fsp3) is 0.261. The van der Waals surface area contributed by atoms with Crippen LogP contribution in [0.3, 0.4) is 0 Å². The van der Waals surface area contributed by atoms with E-state index in [4.69, 9.17) is 4.74 Å². The Balaban J connectivity index is 1.72. The number of hydrogen-bond donors (Lipinski definition) is 2. The minimum Gasteiger partial charge on any atom is -0.425 e. The third kappa shape index (κ3) is 4.80. The Labute approximate surface area is 176 Å². The Morgan fingerprint density at radius 3 is 2.23 bits per heavy atom. The molecule has 2 N–H and O–H groups in total. The molecule has 0 fully saturated rings. The lowest BCUT2D eigenvalue weighted by molar-refractivity contribution is -0.132. The van der Waals surface area contributed by atoms with E-state index < -0.39 is 16.1 Å². The van der Waals surface area contributed by atoms with Gasteiger partial charge in [0.15, 0.2) is 0 Å². The summed E-state index contributed by atoms with van der Waals surface area (Å²) in [5, 5.41) is 3.92. The smallest absolute Gasteiger partial charge is 0.330 e. The Morgan fingerprint density at radius 1 is 1.00 bits per heavy atom. The summed E-state index contributed by atoms with van der Waals surface area (Å²) in [7, 11) is -4.35. The van der Waals surface area contributed by atoms with Crippen molar-refractivity contribution in [3.8, 4) is 5.75 Å². The molecule has 0 heterocycles. The van der Waals surface area contributed by atoms with Crippen molar-refractivity contribution >= 4 is 32.5 Å². The van der Waals surface area contributed by atoms with Crippen LogP contribution in [0.4, 0.5) is 5.69 Å². The van der Waals surface area contributed by atoms with Crippen molar-refractivity contribution in [1.29, 1.82) is 0 Å². The van der Waals surface area contributed by atoms with Gasteiger partial charge >= 0.3 is 5.97 Å². The van der Waals surface area contributed by atoms with Gasteiger partial charge in [0.1, 0.15) is 17.2 Å². The number of ether oxygens (including phenoxy) is 1. The summed E-state index contributed by atoms with van der Waals surface area (Å²) >= 11 is 0. The van der Waals surface area contributed by atoms with E-state index in [0.717, 1.165) is 6.42 Å². The first-order valence-corrected chi connectivity index (χ1v) is 11.1. The molecule has 0 amide bonds. The first-order valence-electron chi connectivity index (χ1n) is 9.66. The van der Waals surface area contributed by atoms with E-state index in [0.29, 0.717) is 22.2 Å². The lowest BCUT2D eigenvalue weighted by atomic mass is 9.82. The maximum absolute atomic E-state index is 12.3. The molecule has 7 heteroatoms. The molecule has 3 aromatic carbocycles. The third-order valence-electron chi connectivity index (χ3n) is 5.34. The van der Waals surface area contributed by atoms with Gasteiger partial charge in [-0.1, -0.05) is 57.2 Å². The molecule has 0 bridgehead atoms. The summed E-state index contributed by atoms with van der Waals surface area (Å²) in [5.74, 6) is -0.00975. The lowest BCUT2D eigenvalue weighted by Crippen LogP contribution is -2.20. The van der Waals surface area contributed by atoms with E-state index in [9.17, 15) is 17.8 Å². The minimum absolute atomic E-state index is 0.0549. The summed E-state index contributed by atoms with van der Waals surface area (Å²) in [6.07, 6.45) is 1.00. The first-order chi connectivity index (χ1) is 14.1. The zero-order valence-corrected chi connectivity index (χ0v) is 18.0. The maximum atomic E-state index is 12.3. The molecule has 0 atom stereocenters. The largest absolute Gasteiger partial charge is 0.425 e. The SMILES string of the molecule is CCC(C)(C)c1ccc(OC(=O)CNc2ccc(S(=O)(=O)O)c3ccccc23)cc1. The molecule has 0 aromatic heterocycles. The average Bonchev–Trinajstić information content (AvgIpc) is 2.71. The fourth-order valence-corrected chi connectivity index (χ4v) is 3.86. The number of anilines is 1. The van der Waals surface area contributed by atoms with Crippen LogP contribution in [0.1, 0.15) is 32.8 Å². The third-order valence-corrected chi connectivity index (χ3v) is 6.25. The van der Waals surface area contributed by atoms with Crippen molar-refractivity contribution in [3.63, 3.8) is 0 Å². The highest BCUT2D eigenvalue weighted by Gasteiger charge is 2.18. The molecule has 0 unspecified atom stereocenters. The van der Waals surface area contributed by atoms with Gasteiger partial charge in [0.05, 0.1) is 0 Å². The molecule has 0 spiro atoms. The van der Waals surface area contributed by atoms with E-state index in [-0.39, 0.29) is 16.9 Å². The van der Waals surface area contributed by atoms with Crippen LogP contribution >= 0.6 is 0 Å². The quantitative estimate of drug-likeness (QED) is 0.320. The molecular weight excluding hydrogens is 402 g/mol. The standard InChI is InChI=1S/C23H25NO5S/c1-4-23(2,3)16-9-11-17(12-10-16)29-22(25)15-24-20-13-14-21(30(26,27)28)19-8-6-5-7-18(19)20/h5-14,24H,4,15H2,1-3H3,(H,26,27,28). The van der Waals surface area contributed by atoms with E-state index in [2.05, 4.69) is 26.1 Å². The number of carbonyl (C=O) groups excluding carboxylic acids is 1. The molecule has 0 aliphatic heterocycles. The topological polar surface area (TPSA) is 92.7 Å². The predicted octanol–water partition coefficient (Wildman–Crippen LogP) is 4.79. The zero-order valence-electron chi connectivity index (χ0n) is 17.2. The molecule has 0 saturated carbocycles. The highest BCUT2D eigenvalue weighted by atomic mass is 32.2. The summed E-state index contributed by atoms with van der Waals surface area (Å²) < 4.78 is 38.0. The maximum Gasteiger partial charge on any atom is 0.330 e. The van der Waals surface area contributed by atoms with E-state index in [1.807, 2.05) is 12.1 Å². The summed E-state index contributed by atoms with van der Waals surface area (Å²) in [6, 6.07) is 17.0. The van der Waals surface area contributed by atoms with Crippen LogP contribution in [0.2, 0.25) is 0 Å². The first kappa shape index (κ1) is 21.8. The number of hydrogen-bond acceptors (Lipinski definition) is 5. The van der Waals surface area contributed by atoms with Crippen LogP contribution in [0.25, 0.3) is 10.8 Å². The van der Waals surface area contributed by atoms with Crippen molar-refractivity contribution in [2.45, 2.75) is 37.5 Å². The van der Waals surface area contributed by atoms with Gasteiger partial charge in [-0.25, -0.2) is 4.79 Å². The van der Waals surface area contributed by atoms with E-state index in [1.54, 1.807) is 36.4 Å². The second kappa shape index (κ2) is 8.45. The monoisotopic (exact) mass is 427 g/mol. The zero-order chi connectivity index (χ0) is 21.9. The van der Waals surface area contributed by atoms with Crippen molar-refractivity contribution in [2.24, 2.45) is 0 Å². The Morgan fingerprint density at radius 2 is 1.63 bits per heavy atom. The van der Waals surface area contributed by atoms with Gasteiger partial charge in [-0.2, -0.15) is 8.42 Å². The van der Waals surface area contributed by atoms with Gasteiger partial charge in [0.25, 0.3) is 10.1 Å². The number of carbonyl (C=O) groups is 1. The molecule has 0 saturated heterocycles. The summed E-state index contributed by atoms with van der Waals surface area (Å²) in [6.45, 7) is 6.36. The van der Waals surface area contributed by atoms with Crippen LogP contribution in [0, 0.1) is 0 Å². The van der Waals surface area contributed by atoms with E-state index >= 15 is 0 Å². The fourth-order valence-electron chi connectivity index (χ4n) is 3.16. The number of rotatable bonds is 7. The van der Waals surface area contributed by atoms with Crippen molar-refractivity contribution < 1.29 is 22.5 Å². The Kier molecular flexibility index (Phi) is 6.14. The molecule has 3 aromatic rings. The van der Waals surface area contributed by atoms with Gasteiger partial charge in [0, 0.05) is 16.5 Å². The minimum atomic E-state index is -4.35. The molecule has 0 aliphatic carbocycles. The van der Waals surface area contributed by atoms with Gasteiger partial charge in [-0.15, -0.1) is 0 Å². The van der Waals surface area contributed by atoms with Crippen LogP contribution < -0.4 is 10.1 Å². The number of fused-ring (bicyclic) bond motifs is 1. The molecule has 158 valence electrons. The van der Waals surface area contributed by atoms with Crippen LogP contribution in [-0.2, 0) is 20.3 Å². The summed E-state index contributed by atoms with van der Waals surface area (Å²) in [5.41, 5.74) is 1.79.